The van der Waals surface area contributed by atoms with E-state index in [2.05, 4.69) is 5.32 Å². The van der Waals surface area contributed by atoms with Crippen LogP contribution in [0.2, 0.25) is 0 Å². The molecule has 0 amide bonds. The molecular formula is C6H12F2N2OS. The maximum atomic E-state index is 12.0. The summed E-state index contributed by atoms with van der Waals surface area (Å²) in [6.07, 6.45) is 1.67. The summed E-state index contributed by atoms with van der Waals surface area (Å²) >= 11 is 0. The van der Waals surface area contributed by atoms with Crippen LogP contribution in [0.4, 0.5) is 8.78 Å². The minimum Gasteiger partial charge on any atom is -0.313 e. The lowest BCUT2D eigenvalue weighted by Gasteiger charge is -2.11. The molecule has 0 radical (unpaired) electrons. The van der Waals surface area contributed by atoms with E-state index in [4.69, 9.17) is 4.78 Å². The normalized spacial score (nSPS) is 29.1. The molecule has 1 rings (SSSR count). The molecule has 0 aromatic rings. The molecule has 0 aromatic carbocycles. The van der Waals surface area contributed by atoms with E-state index in [1.54, 1.807) is 0 Å². The first kappa shape index (κ1) is 9.85. The van der Waals surface area contributed by atoms with E-state index in [-0.39, 0.29) is 11.8 Å². The fourth-order valence-corrected chi connectivity index (χ4v) is 2.30. The minimum absolute atomic E-state index is 0.149. The van der Waals surface area contributed by atoms with Gasteiger partial charge < -0.3 is 5.32 Å². The molecule has 0 bridgehead atoms. The summed E-state index contributed by atoms with van der Waals surface area (Å²) in [5.41, 5.74) is 0. The summed E-state index contributed by atoms with van der Waals surface area (Å²) in [6.45, 7) is 0.781. The van der Waals surface area contributed by atoms with Crippen molar-refractivity contribution < 1.29 is 13.0 Å². The molecule has 2 N–H and O–H groups in total. The number of nitrogens with one attached hydrogen (secondary N) is 2. The van der Waals surface area contributed by atoms with E-state index in [9.17, 15) is 13.0 Å². The highest BCUT2D eigenvalue weighted by Gasteiger charge is 2.25. The van der Waals surface area contributed by atoms with Gasteiger partial charge in [-0.25, -0.2) is 8.99 Å². The van der Waals surface area contributed by atoms with E-state index in [1.165, 1.54) is 0 Å². The van der Waals surface area contributed by atoms with Gasteiger partial charge in [-0.3, -0.25) is 0 Å². The summed E-state index contributed by atoms with van der Waals surface area (Å²) in [5, 5.41) is 2.94. The quantitative estimate of drug-likeness (QED) is 0.711. The smallest absolute Gasteiger partial charge is 0.313 e. The van der Waals surface area contributed by atoms with E-state index in [0.717, 1.165) is 19.4 Å². The van der Waals surface area contributed by atoms with Gasteiger partial charge >= 0.3 is 5.76 Å². The molecular weight excluding hydrogens is 186 g/mol. The van der Waals surface area contributed by atoms with Crippen molar-refractivity contribution in [3.05, 3.63) is 0 Å². The van der Waals surface area contributed by atoms with Crippen molar-refractivity contribution in [1.82, 2.24) is 5.32 Å². The topological polar surface area (TPSA) is 53.0 Å². The van der Waals surface area contributed by atoms with E-state index >= 15 is 0 Å². The Morgan fingerprint density at radius 1 is 1.67 bits per heavy atom. The van der Waals surface area contributed by atoms with Crippen LogP contribution in [0, 0.1) is 4.78 Å². The Hall–Kier alpha value is -0.230. The lowest BCUT2D eigenvalue weighted by Crippen LogP contribution is -2.31. The molecule has 0 saturated carbocycles. The van der Waals surface area contributed by atoms with Gasteiger partial charge in [0.15, 0.2) is 0 Å². The first-order valence-electron chi connectivity index (χ1n) is 3.79. The molecule has 72 valence electrons. The summed E-state index contributed by atoms with van der Waals surface area (Å²) in [7, 11) is -3.68. The zero-order valence-corrected chi connectivity index (χ0v) is 7.37. The molecule has 2 unspecified atom stereocenters. The van der Waals surface area contributed by atoms with Crippen molar-refractivity contribution in [1.29, 1.82) is 4.78 Å². The summed E-state index contributed by atoms with van der Waals surface area (Å²) in [6, 6.07) is -0.149. The molecule has 2 atom stereocenters. The van der Waals surface area contributed by atoms with Crippen molar-refractivity contribution in [2.24, 2.45) is 0 Å². The highest BCUT2D eigenvalue weighted by molar-refractivity contribution is 7.92. The Morgan fingerprint density at radius 2 is 2.33 bits per heavy atom. The molecule has 1 heterocycles. The third-order valence-electron chi connectivity index (χ3n) is 1.90. The van der Waals surface area contributed by atoms with Gasteiger partial charge in [0.25, 0.3) is 0 Å². The van der Waals surface area contributed by atoms with Gasteiger partial charge in [0, 0.05) is 6.04 Å². The Bertz CT molecular complexity index is 234. The average molecular weight is 198 g/mol. The SMILES string of the molecule is N=S(=O)(CC1CCCN1)C(F)F. The minimum atomic E-state index is -3.68. The van der Waals surface area contributed by atoms with Gasteiger partial charge in [-0.2, -0.15) is 8.78 Å². The standard InChI is InChI=1S/C6H12F2N2OS/c7-6(8)12(9,11)4-5-2-1-3-10-5/h5-6,9-10H,1-4H2. The second kappa shape index (κ2) is 3.66. The summed E-state index contributed by atoms with van der Waals surface area (Å²) in [4.78, 5) is 0. The molecule has 12 heavy (non-hydrogen) atoms. The third-order valence-corrected chi connectivity index (χ3v) is 3.37. The highest BCUT2D eigenvalue weighted by atomic mass is 32.2. The molecule has 1 saturated heterocycles. The lowest BCUT2D eigenvalue weighted by molar-refractivity contribution is 0.240. The van der Waals surface area contributed by atoms with Crippen LogP contribution in [0.3, 0.4) is 0 Å². The summed E-state index contributed by atoms with van der Waals surface area (Å²) < 4.78 is 41.8. The van der Waals surface area contributed by atoms with Gasteiger partial charge in [0.2, 0.25) is 0 Å². The Labute approximate surface area is 70.5 Å². The van der Waals surface area contributed by atoms with Crippen molar-refractivity contribution >= 4 is 9.73 Å². The summed E-state index contributed by atoms with van der Waals surface area (Å²) in [5.74, 6) is -3.23. The molecule has 6 heteroatoms. The maximum Gasteiger partial charge on any atom is 0.319 e. The zero-order chi connectivity index (χ0) is 9.19. The Balaban J connectivity index is 2.49. The van der Waals surface area contributed by atoms with Crippen LogP contribution in [0.5, 0.6) is 0 Å². The third kappa shape index (κ3) is 2.38. The van der Waals surface area contributed by atoms with Crippen LogP contribution in [-0.4, -0.2) is 28.3 Å². The first-order valence-corrected chi connectivity index (χ1v) is 5.58. The van der Waals surface area contributed by atoms with Crippen molar-refractivity contribution in [2.45, 2.75) is 24.6 Å². The van der Waals surface area contributed by atoms with E-state index < -0.39 is 15.5 Å². The molecule has 3 nitrogen and oxygen atoms in total. The second-order valence-corrected chi connectivity index (χ2v) is 5.09. The monoisotopic (exact) mass is 198 g/mol. The van der Waals surface area contributed by atoms with Crippen molar-refractivity contribution in [3.8, 4) is 0 Å². The van der Waals surface area contributed by atoms with Gasteiger partial charge in [-0.15, -0.1) is 0 Å². The fourth-order valence-electron chi connectivity index (χ4n) is 1.27. The number of halogens is 2. The zero-order valence-electron chi connectivity index (χ0n) is 6.56. The lowest BCUT2D eigenvalue weighted by atomic mass is 10.3. The van der Waals surface area contributed by atoms with E-state index in [1.807, 2.05) is 0 Å². The molecule has 0 aliphatic carbocycles. The fraction of sp³-hybridized carbons (Fsp3) is 1.00. The van der Waals surface area contributed by atoms with Gasteiger partial charge in [-0.1, -0.05) is 0 Å². The van der Waals surface area contributed by atoms with E-state index in [0.29, 0.717) is 0 Å². The molecule has 1 fully saturated rings. The Kier molecular flexibility index (Phi) is 3.00. The molecule has 1 aliphatic rings. The average Bonchev–Trinajstić information content (AvgIpc) is 2.38. The maximum absolute atomic E-state index is 12.0. The van der Waals surface area contributed by atoms with Gasteiger partial charge in [-0.05, 0) is 19.4 Å². The predicted octanol–water partition coefficient (Wildman–Crippen LogP) is 1.01. The number of hydrogen-bond acceptors (Lipinski definition) is 3. The van der Waals surface area contributed by atoms with Crippen LogP contribution in [0.15, 0.2) is 0 Å². The highest BCUT2D eigenvalue weighted by Crippen LogP contribution is 2.13. The molecule has 0 spiro atoms. The Morgan fingerprint density at radius 3 is 2.75 bits per heavy atom. The number of alkyl halides is 2. The van der Waals surface area contributed by atoms with Crippen LogP contribution < -0.4 is 5.32 Å². The van der Waals surface area contributed by atoms with Crippen LogP contribution in [0.25, 0.3) is 0 Å². The van der Waals surface area contributed by atoms with Gasteiger partial charge in [0.05, 0.1) is 5.75 Å². The van der Waals surface area contributed by atoms with Crippen LogP contribution in [0.1, 0.15) is 12.8 Å². The molecule has 1 aliphatic heterocycles. The van der Waals surface area contributed by atoms with Crippen LogP contribution >= 0.6 is 0 Å². The predicted molar refractivity (Wildman–Crippen MR) is 42.8 cm³/mol. The number of rotatable bonds is 3. The molecule has 0 aromatic heterocycles. The van der Waals surface area contributed by atoms with Crippen molar-refractivity contribution in [2.75, 3.05) is 12.3 Å². The second-order valence-electron chi connectivity index (χ2n) is 2.95. The van der Waals surface area contributed by atoms with Crippen molar-refractivity contribution in [3.63, 3.8) is 0 Å². The van der Waals surface area contributed by atoms with Gasteiger partial charge in [0.1, 0.15) is 9.73 Å². The van der Waals surface area contributed by atoms with Crippen LogP contribution in [-0.2, 0) is 9.73 Å². The largest absolute Gasteiger partial charge is 0.319 e. The first-order chi connectivity index (χ1) is 5.52. The number of hydrogen-bond donors (Lipinski definition) is 2.